The van der Waals surface area contributed by atoms with Gasteiger partial charge in [-0.2, -0.15) is 0 Å². The normalized spacial score (nSPS) is 11.0. The maximum Gasteiger partial charge on any atom is 0.191 e. The number of pyridine rings is 1. The molecule has 1 rings (SSSR count). The van der Waals surface area contributed by atoms with Crippen LogP contribution in [0, 0.1) is 0 Å². The Morgan fingerprint density at radius 3 is 2.52 bits per heavy atom. The van der Waals surface area contributed by atoms with Gasteiger partial charge in [-0.3, -0.25) is 9.98 Å². The number of aliphatic imine (C=N–C) groups is 1. The summed E-state index contributed by atoms with van der Waals surface area (Å²) in [4.78, 5) is 8.49. The molecule has 0 radical (unpaired) electrons. The van der Waals surface area contributed by atoms with E-state index in [0.29, 0.717) is 6.54 Å². The molecule has 2 N–H and O–H groups in total. The number of unbranched alkanes of at least 4 members (excludes halogenated alkanes) is 5. The summed E-state index contributed by atoms with van der Waals surface area (Å²) >= 11 is 0. The second-order valence-corrected chi connectivity index (χ2v) is 5.91. The van der Waals surface area contributed by atoms with E-state index >= 15 is 0 Å². The van der Waals surface area contributed by atoms with Crippen molar-refractivity contribution in [2.75, 3.05) is 26.8 Å². The third kappa shape index (κ3) is 14.0. The standard InChI is InChI=1S/C19H34N4O.HI/c1-3-4-5-6-7-10-15-24-16-11-14-22-19(20-2)23-17-18-12-8-9-13-21-18;/h8-9,12-13H,3-7,10-11,14-17H2,1-2H3,(H2,20,22,23);1H. The fourth-order valence-electron chi connectivity index (χ4n) is 2.37. The van der Waals surface area contributed by atoms with Crippen molar-refractivity contribution in [2.45, 2.75) is 58.4 Å². The van der Waals surface area contributed by atoms with Gasteiger partial charge < -0.3 is 15.4 Å². The Kier molecular flexibility index (Phi) is 17.3. The van der Waals surface area contributed by atoms with Gasteiger partial charge >= 0.3 is 0 Å². The fourth-order valence-corrected chi connectivity index (χ4v) is 2.37. The van der Waals surface area contributed by atoms with Crippen molar-refractivity contribution < 1.29 is 4.74 Å². The van der Waals surface area contributed by atoms with Crippen LogP contribution in [0.5, 0.6) is 0 Å². The molecule has 6 heteroatoms. The molecule has 0 amide bonds. The van der Waals surface area contributed by atoms with Crippen molar-refractivity contribution in [3.63, 3.8) is 0 Å². The molecule has 0 aliphatic rings. The van der Waals surface area contributed by atoms with E-state index in [1.165, 1.54) is 38.5 Å². The molecule has 0 bridgehead atoms. The molecule has 0 aliphatic carbocycles. The summed E-state index contributed by atoms with van der Waals surface area (Å²) in [5.41, 5.74) is 1.00. The molecule has 25 heavy (non-hydrogen) atoms. The van der Waals surface area contributed by atoms with Gasteiger partial charge in [0.15, 0.2) is 5.96 Å². The first-order chi connectivity index (χ1) is 11.9. The van der Waals surface area contributed by atoms with Crippen LogP contribution in [0.15, 0.2) is 29.4 Å². The number of nitrogens with zero attached hydrogens (tertiary/aromatic N) is 2. The van der Waals surface area contributed by atoms with Gasteiger partial charge in [-0.1, -0.05) is 45.1 Å². The van der Waals surface area contributed by atoms with E-state index < -0.39 is 0 Å². The van der Waals surface area contributed by atoms with E-state index in [4.69, 9.17) is 4.74 Å². The summed E-state index contributed by atoms with van der Waals surface area (Å²) in [6.07, 6.45) is 10.6. The molecule has 0 fully saturated rings. The smallest absolute Gasteiger partial charge is 0.191 e. The minimum absolute atomic E-state index is 0. The monoisotopic (exact) mass is 462 g/mol. The third-order valence-electron chi connectivity index (χ3n) is 3.79. The molecule has 1 heterocycles. The van der Waals surface area contributed by atoms with Crippen LogP contribution in [0.25, 0.3) is 0 Å². The van der Waals surface area contributed by atoms with Crippen LogP contribution in [0.3, 0.4) is 0 Å². The van der Waals surface area contributed by atoms with Gasteiger partial charge in [0, 0.05) is 33.0 Å². The lowest BCUT2D eigenvalue weighted by atomic mass is 10.1. The zero-order chi connectivity index (χ0) is 17.3. The topological polar surface area (TPSA) is 58.5 Å². The van der Waals surface area contributed by atoms with Crippen molar-refractivity contribution in [1.29, 1.82) is 0 Å². The highest BCUT2D eigenvalue weighted by Gasteiger charge is 1.98. The molecule has 0 saturated carbocycles. The number of rotatable bonds is 13. The zero-order valence-corrected chi connectivity index (χ0v) is 18.1. The minimum atomic E-state index is 0. The summed E-state index contributed by atoms with van der Waals surface area (Å²) in [7, 11) is 1.78. The van der Waals surface area contributed by atoms with Gasteiger partial charge in [-0.15, -0.1) is 24.0 Å². The van der Waals surface area contributed by atoms with Gasteiger partial charge in [-0.05, 0) is 25.0 Å². The lowest BCUT2D eigenvalue weighted by Crippen LogP contribution is -2.37. The molecule has 0 aliphatic heterocycles. The molecule has 5 nitrogen and oxygen atoms in total. The average molecular weight is 462 g/mol. The second-order valence-electron chi connectivity index (χ2n) is 5.91. The Hall–Kier alpha value is -0.890. The number of guanidine groups is 1. The molecule has 0 atom stereocenters. The van der Waals surface area contributed by atoms with Crippen LogP contribution in [0.4, 0.5) is 0 Å². The number of ether oxygens (including phenoxy) is 1. The summed E-state index contributed by atoms with van der Waals surface area (Å²) in [6.45, 7) is 5.48. The van der Waals surface area contributed by atoms with Gasteiger partial charge in [0.1, 0.15) is 0 Å². The van der Waals surface area contributed by atoms with Crippen molar-refractivity contribution in [3.05, 3.63) is 30.1 Å². The first-order valence-corrected chi connectivity index (χ1v) is 9.29. The maximum absolute atomic E-state index is 5.67. The SMILES string of the molecule is CCCCCCCCOCCCNC(=NC)NCc1ccccn1.I. The van der Waals surface area contributed by atoms with Crippen LogP contribution in [-0.2, 0) is 11.3 Å². The van der Waals surface area contributed by atoms with Gasteiger partial charge in [0.2, 0.25) is 0 Å². The van der Waals surface area contributed by atoms with Crippen LogP contribution in [-0.4, -0.2) is 37.7 Å². The Morgan fingerprint density at radius 1 is 1.04 bits per heavy atom. The highest BCUT2D eigenvalue weighted by molar-refractivity contribution is 14.0. The van der Waals surface area contributed by atoms with Gasteiger partial charge in [-0.25, -0.2) is 0 Å². The molecule has 0 unspecified atom stereocenters. The quantitative estimate of drug-likeness (QED) is 0.200. The molecule has 1 aromatic heterocycles. The number of halogens is 1. The van der Waals surface area contributed by atoms with Crippen molar-refractivity contribution >= 4 is 29.9 Å². The number of nitrogens with one attached hydrogen (secondary N) is 2. The first kappa shape index (κ1) is 24.1. The van der Waals surface area contributed by atoms with E-state index in [1.54, 1.807) is 13.2 Å². The molecule has 0 aromatic carbocycles. The van der Waals surface area contributed by atoms with Crippen molar-refractivity contribution in [3.8, 4) is 0 Å². The summed E-state index contributed by atoms with van der Waals surface area (Å²) in [6, 6.07) is 5.90. The third-order valence-corrected chi connectivity index (χ3v) is 3.79. The average Bonchev–Trinajstić information content (AvgIpc) is 2.63. The fraction of sp³-hybridized carbons (Fsp3) is 0.684. The number of hydrogen-bond acceptors (Lipinski definition) is 3. The van der Waals surface area contributed by atoms with Crippen LogP contribution in [0.1, 0.15) is 57.6 Å². The predicted molar refractivity (Wildman–Crippen MR) is 117 cm³/mol. The summed E-state index contributed by atoms with van der Waals surface area (Å²) in [5, 5.41) is 6.55. The number of hydrogen-bond donors (Lipinski definition) is 2. The van der Waals surface area contributed by atoms with E-state index in [9.17, 15) is 0 Å². The van der Waals surface area contributed by atoms with E-state index in [-0.39, 0.29) is 24.0 Å². The van der Waals surface area contributed by atoms with Crippen LogP contribution < -0.4 is 10.6 Å². The molecule has 144 valence electrons. The predicted octanol–water partition coefficient (Wildman–Crippen LogP) is 4.13. The highest BCUT2D eigenvalue weighted by Crippen LogP contribution is 2.04. The first-order valence-electron chi connectivity index (χ1n) is 9.29. The van der Waals surface area contributed by atoms with Gasteiger partial charge in [0.25, 0.3) is 0 Å². The second kappa shape index (κ2) is 17.9. The minimum Gasteiger partial charge on any atom is -0.381 e. The van der Waals surface area contributed by atoms with E-state index in [2.05, 4.69) is 27.5 Å². The van der Waals surface area contributed by atoms with Crippen molar-refractivity contribution in [1.82, 2.24) is 15.6 Å². The lowest BCUT2D eigenvalue weighted by Gasteiger charge is -2.11. The Balaban J connectivity index is 0.00000576. The molecule has 0 spiro atoms. The van der Waals surface area contributed by atoms with Crippen molar-refractivity contribution in [2.24, 2.45) is 4.99 Å². The molecular formula is C19H35IN4O. The highest BCUT2D eigenvalue weighted by atomic mass is 127. The van der Waals surface area contributed by atoms with E-state index in [1.807, 2.05) is 18.2 Å². The maximum atomic E-state index is 5.67. The number of aromatic nitrogens is 1. The summed E-state index contributed by atoms with van der Waals surface area (Å²) < 4.78 is 5.67. The van der Waals surface area contributed by atoms with Crippen LogP contribution >= 0.6 is 24.0 Å². The van der Waals surface area contributed by atoms with E-state index in [0.717, 1.165) is 37.8 Å². The molecular weight excluding hydrogens is 427 g/mol. The molecule has 1 aromatic rings. The van der Waals surface area contributed by atoms with Crippen LogP contribution in [0.2, 0.25) is 0 Å². The zero-order valence-electron chi connectivity index (χ0n) is 15.8. The molecule has 0 saturated heterocycles. The Labute approximate surface area is 170 Å². The largest absolute Gasteiger partial charge is 0.381 e. The van der Waals surface area contributed by atoms with Gasteiger partial charge in [0.05, 0.1) is 12.2 Å². The lowest BCUT2D eigenvalue weighted by molar-refractivity contribution is 0.128. The Morgan fingerprint density at radius 2 is 1.80 bits per heavy atom. The summed E-state index contributed by atoms with van der Waals surface area (Å²) in [5.74, 6) is 0.802. The Bertz CT molecular complexity index is 429.